The largest absolute Gasteiger partial charge is 0.481 e. The van der Waals surface area contributed by atoms with Crippen molar-refractivity contribution in [3.05, 3.63) is 35.9 Å². The number of hydrogen-bond acceptors (Lipinski definition) is 4. The summed E-state index contributed by atoms with van der Waals surface area (Å²) in [7, 11) is 2.15. The number of rotatable bonds is 6. The van der Waals surface area contributed by atoms with Crippen LogP contribution in [0, 0.1) is 5.92 Å². The minimum absolute atomic E-state index is 0.140. The van der Waals surface area contributed by atoms with Crippen LogP contribution < -0.4 is 0 Å². The Morgan fingerprint density at radius 1 is 1.07 bits per heavy atom. The zero-order valence-corrected chi connectivity index (χ0v) is 18.0. The predicted octanol–water partition coefficient (Wildman–Crippen LogP) is 2.29. The van der Waals surface area contributed by atoms with Gasteiger partial charge < -0.3 is 14.9 Å². The molecule has 2 aliphatic rings. The van der Waals surface area contributed by atoms with Gasteiger partial charge in [0.25, 0.3) is 0 Å². The van der Waals surface area contributed by atoms with E-state index in [9.17, 15) is 14.7 Å². The Labute approximate surface area is 174 Å². The molecule has 160 valence electrons. The van der Waals surface area contributed by atoms with Gasteiger partial charge in [0, 0.05) is 51.7 Å². The van der Waals surface area contributed by atoms with Gasteiger partial charge in [0.05, 0.1) is 5.41 Å². The van der Waals surface area contributed by atoms with Crippen molar-refractivity contribution in [1.82, 2.24) is 14.7 Å². The molecule has 3 rings (SSSR count). The number of carboxylic acid groups (broad SMARTS) is 1. The summed E-state index contributed by atoms with van der Waals surface area (Å²) in [5.41, 5.74) is 0.438. The van der Waals surface area contributed by atoms with Crippen molar-refractivity contribution in [3.8, 4) is 0 Å². The number of nitrogens with zero attached hydrogens (tertiary/aromatic N) is 3. The Hall–Kier alpha value is -1.92. The summed E-state index contributed by atoms with van der Waals surface area (Å²) in [6, 6.07) is 10.3. The molecule has 0 aliphatic carbocycles. The monoisotopic (exact) mass is 401 g/mol. The van der Waals surface area contributed by atoms with E-state index in [0.717, 1.165) is 44.7 Å². The van der Waals surface area contributed by atoms with Crippen LogP contribution in [0.3, 0.4) is 0 Å². The molecule has 1 aromatic rings. The summed E-state index contributed by atoms with van der Waals surface area (Å²) in [4.78, 5) is 31.5. The molecule has 0 spiro atoms. The highest BCUT2D eigenvalue weighted by atomic mass is 16.4. The predicted molar refractivity (Wildman–Crippen MR) is 114 cm³/mol. The van der Waals surface area contributed by atoms with Gasteiger partial charge in [0.2, 0.25) is 5.91 Å². The Bertz CT molecular complexity index is 699. The van der Waals surface area contributed by atoms with Gasteiger partial charge in [-0.15, -0.1) is 0 Å². The van der Waals surface area contributed by atoms with E-state index < -0.39 is 11.4 Å². The number of carbonyl (C=O) groups is 2. The molecule has 2 fully saturated rings. The van der Waals surface area contributed by atoms with Crippen molar-refractivity contribution in [2.75, 3.05) is 46.3 Å². The lowest BCUT2D eigenvalue weighted by Crippen LogP contribution is -2.58. The van der Waals surface area contributed by atoms with Crippen LogP contribution in [0.5, 0.6) is 0 Å². The first-order valence-corrected chi connectivity index (χ1v) is 10.8. The molecule has 0 unspecified atom stereocenters. The minimum Gasteiger partial charge on any atom is -0.481 e. The lowest BCUT2D eigenvalue weighted by Gasteiger charge is -2.47. The quantitative estimate of drug-likeness (QED) is 0.792. The summed E-state index contributed by atoms with van der Waals surface area (Å²) in [6.45, 7) is 9.52. The topological polar surface area (TPSA) is 64.1 Å². The van der Waals surface area contributed by atoms with Crippen LogP contribution in [0.2, 0.25) is 0 Å². The van der Waals surface area contributed by atoms with E-state index >= 15 is 0 Å². The first kappa shape index (κ1) is 21.8. The number of aliphatic carboxylic acids is 1. The molecule has 2 saturated heterocycles. The van der Waals surface area contributed by atoms with Crippen molar-refractivity contribution in [1.29, 1.82) is 0 Å². The fraction of sp³-hybridized carbons (Fsp3) is 0.652. The number of benzene rings is 1. The molecule has 1 aromatic carbocycles. The standard InChI is InChI=1S/C23H35N3O3/c1-23(2,19-7-5-4-6-8-19)22(29)26-12-11-20(18(17-26)9-10-21(27)28)25-15-13-24(3)14-16-25/h4-8,18,20H,9-17H2,1-3H3,(H,27,28)/t18-,20+/m0/s1. The maximum atomic E-state index is 13.4. The molecule has 0 bridgehead atoms. The Balaban J connectivity index is 1.72. The van der Waals surface area contributed by atoms with Crippen molar-refractivity contribution in [2.24, 2.45) is 5.92 Å². The number of carboxylic acids is 1. The van der Waals surface area contributed by atoms with Crippen LogP contribution in [0.25, 0.3) is 0 Å². The summed E-state index contributed by atoms with van der Waals surface area (Å²) < 4.78 is 0. The van der Waals surface area contributed by atoms with Crippen LogP contribution in [-0.2, 0) is 15.0 Å². The van der Waals surface area contributed by atoms with E-state index in [1.54, 1.807) is 0 Å². The van der Waals surface area contributed by atoms with E-state index in [4.69, 9.17) is 0 Å². The Kier molecular flexibility index (Phi) is 6.96. The molecule has 1 N–H and O–H groups in total. The van der Waals surface area contributed by atoms with Gasteiger partial charge in [-0.3, -0.25) is 14.5 Å². The molecular formula is C23H35N3O3. The third-order valence-corrected chi connectivity index (χ3v) is 6.75. The van der Waals surface area contributed by atoms with Crippen molar-refractivity contribution >= 4 is 11.9 Å². The highest BCUT2D eigenvalue weighted by Gasteiger charge is 2.40. The van der Waals surface area contributed by atoms with Crippen LogP contribution in [0.4, 0.5) is 0 Å². The fourth-order valence-corrected chi connectivity index (χ4v) is 4.80. The molecule has 2 atom stereocenters. The molecular weight excluding hydrogens is 366 g/mol. The van der Waals surface area contributed by atoms with Gasteiger partial charge in [-0.05, 0) is 45.2 Å². The van der Waals surface area contributed by atoms with Crippen molar-refractivity contribution in [3.63, 3.8) is 0 Å². The third kappa shape index (κ3) is 5.17. The average Bonchev–Trinajstić information content (AvgIpc) is 2.72. The van der Waals surface area contributed by atoms with E-state index in [1.165, 1.54) is 0 Å². The lowest BCUT2D eigenvalue weighted by molar-refractivity contribution is -0.140. The zero-order valence-electron chi connectivity index (χ0n) is 18.0. The van der Waals surface area contributed by atoms with Crippen LogP contribution in [0.1, 0.15) is 38.7 Å². The molecule has 0 aromatic heterocycles. The molecule has 0 saturated carbocycles. The van der Waals surface area contributed by atoms with Crippen molar-refractivity contribution in [2.45, 2.75) is 44.6 Å². The minimum atomic E-state index is -0.754. The number of piperazine rings is 1. The second-order valence-electron chi connectivity index (χ2n) is 9.13. The first-order valence-electron chi connectivity index (χ1n) is 10.8. The lowest BCUT2D eigenvalue weighted by atomic mass is 9.81. The van der Waals surface area contributed by atoms with E-state index in [2.05, 4.69) is 16.8 Å². The number of carbonyl (C=O) groups excluding carboxylic acids is 1. The van der Waals surface area contributed by atoms with Gasteiger partial charge in [-0.25, -0.2) is 0 Å². The number of likely N-dealkylation sites (tertiary alicyclic amines) is 1. The smallest absolute Gasteiger partial charge is 0.303 e. The highest BCUT2D eigenvalue weighted by Crippen LogP contribution is 2.31. The van der Waals surface area contributed by atoms with E-state index in [0.29, 0.717) is 19.0 Å². The molecule has 2 aliphatic heterocycles. The number of amides is 1. The van der Waals surface area contributed by atoms with Gasteiger partial charge in [-0.1, -0.05) is 30.3 Å². The van der Waals surface area contributed by atoms with Gasteiger partial charge in [0.1, 0.15) is 0 Å². The fourth-order valence-electron chi connectivity index (χ4n) is 4.80. The Morgan fingerprint density at radius 3 is 2.34 bits per heavy atom. The summed E-state index contributed by atoms with van der Waals surface area (Å²) in [5, 5.41) is 9.23. The molecule has 6 nitrogen and oxygen atoms in total. The maximum absolute atomic E-state index is 13.4. The van der Waals surface area contributed by atoms with Crippen molar-refractivity contribution < 1.29 is 14.7 Å². The average molecular weight is 402 g/mol. The van der Waals surface area contributed by atoms with Crippen LogP contribution >= 0.6 is 0 Å². The second-order valence-corrected chi connectivity index (χ2v) is 9.13. The van der Waals surface area contributed by atoms with Crippen LogP contribution in [-0.4, -0.2) is 84.0 Å². The summed E-state index contributed by atoms with van der Waals surface area (Å²) in [6.07, 6.45) is 1.71. The number of hydrogen-bond donors (Lipinski definition) is 1. The van der Waals surface area contributed by atoms with E-state index in [-0.39, 0.29) is 18.2 Å². The van der Waals surface area contributed by atoms with Gasteiger partial charge in [0.15, 0.2) is 0 Å². The molecule has 0 radical (unpaired) electrons. The SMILES string of the molecule is CN1CCN([C@@H]2CCN(C(=O)C(C)(C)c3ccccc3)C[C@@H]2CCC(=O)O)CC1. The summed E-state index contributed by atoms with van der Waals surface area (Å²) >= 11 is 0. The molecule has 1 amide bonds. The van der Waals surface area contributed by atoms with Crippen LogP contribution in [0.15, 0.2) is 30.3 Å². The highest BCUT2D eigenvalue weighted by molar-refractivity contribution is 5.87. The summed E-state index contributed by atoms with van der Waals surface area (Å²) in [5.74, 6) is -0.408. The maximum Gasteiger partial charge on any atom is 0.303 e. The zero-order chi connectivity index (χ0) is 21.0. The first-order chi connectivity index (χ1) is 13.8. The van der Waals surface area contributed by atoms with Gasteiger partial charge >= 0.3 is 5.97 Å². The molecule has 29 heavy (non-hydrogen) atoms. The molecule has 6 heteroatoms. The molecule has 2 heterocycles. The Morgan fingerprint density at radius 2 is 1.72 bits per heavy atom. The number of likely N-dealkylation sites (N-methyl/N-ethyl adjacent to an activating group) is 1. The third-order valence-electron chi connectivity index (χ3n) is 6.75. The van der Waals surface area contributed by atoms with E-state index in [1.807, 2.05) is 49.1 Å². The van der Waals surface area contributed by atoms with Gasteiger partial charge in [-0.2, -0.15) is 0 Å². The number of piperidine rings is 1. The second kappa shape index (κ2) is 9.26. The normalized spacial score (nSPS) is 24.4.